The Kier molecular flexibility index (Phi) is 4.73. The number of benzene rings is 1. The first-order valence-electron chi connectivity index (χ1n) is 4.46. The predicted octanol–water partition coefficient (Wildman–Crippen LogP) is 1.82. The van der Waals surface area contributed by atoms with E-state index in [0.717, 1.165) is 0 Å². The van der Waals surface area contributed by atoms with Crippen molar-refractivity contribution in [2.75, 3.05) is 0 Å². The Hall–Kier alpha value is -1.10. The highest BCUT2D eigenvalue weighted by Crippen LogP contribution is 2.19. The van der Waals surface area contributed by atoms with Crippen molar-refractivity contribution < 1.29 is 9.90 Å². The second kappa shape index (κ2) is 5.84. The summed E-state index contributed by atoms with van der Waals surface area (Å²) in [7, 11) is 0. The zero-order valence-electron chi connectivity index (χ0n) is 8.45. The van der Waals surface area contributed by atoms with E-state index >= 15 is 0 Å². The quantitative estimate of drug-likeness (QED) is 0.644. The molecule has 1 atom stereocenters. The summed E-state index contributed by atoms with van der Waals surface area (Å²) in [5, 5.41) is 13.5. The van der Waals surface area contributed by atoms with Crippen LogP contribution >= 0.6 is 23.2 Å². The molecule has 6 heteroatoms. The molecule has 1 rings (SSSR count). The number of nitrogens with zero attached hydrogens (tertiary/aromatic N) is 1. The molecule has 86 valence electrons. The zero-order valence-corrected chi connectivity index (χ0v) is 9.96. The Balaban J connectivity index is 2.66. The standard InChI is InChI=1S/C10H10Cl2N2O2/c1-6(15)10(16)14-13-5-7-2-3-8(11)4-9(7)12/h2-6,15H,1H3,(H,14,16)/b13-5-/t6-/m1/s1. The molecule has 0 spiro atoms. The van der Waals surface area contributed by atoms with Gasteiger partial charge in [0.05, 0.1) is 11.2 Å². The van der Waals surface area contributed by atoms with Gasteiger partial charge in [-0.2, -0.15) is 5.10 Å². The van der Waals surface area contributed by atoms with Crippen LogP contribution in [0.3, 0.4) is 0 Å². The van der Waals surface area contributed by atoms with E-state index in [1.165, 1.54) is 13.1 Å². The maximum atomic E-state index is 10.9. The highest BCUT2D eigenvalue weighted by atomic mass is 35.5. The molecule has 4 nitrogen and oxygen atoms in total. The first kappa shape index (κ1) is 13.0. The van der Waals surface area contributed by atoms with E-state index in [0.29, 0.717) is 15.6 Å². The second-order valence-corrected chi connectivity index (χ2v) is 3.92. The zero-order chi connectivity index (χ0) is 12.1. The minimum absolute atomic E-state index is 0.433. The normalized spacial score (nSPS) is 12.8. The smallest absolute Gasteiger partial charge is 0.268 e. The third-order valence-corrected chi connectivity index (χ3v) is 2.28. The van der Waals surface area contributed by atoms with Crippen LogP contribution in [0.2, 0.25) is 10.0 Å². The van der Waals surface area contributed by atoms with Gasteiger partial charge in [-0.1, -0.05) is 29.3 Å². The largest absolute Gasteiger partial charge is 0.383 e. The third-order valence-electron chi connectivity index (χ3n) is 1.72. The number of hydrazone groups is 1. The van der Waals surface area contributed by atoms with Crippen molar-refractivity contribution in [2.24, 2.45) is 5.10 Å². The van der Waals surface area contributed by atoms with E-state index in [-0.39, 0.29) is 0 Å². The molecule has 0 aromatic heterocycles. The molecule has 0 saturated heterocycles. The van der Waals surface area contributed by atoms with Gasteiger partial charge in [0.1, 0.15) is 6.10 Å². The molecule has 0 aliphatic rings. The number of aliphatic hydroxyl groups is 1. The molecule has 0 heterocycles. The van der Waals surface area contributed by atoms with Crippen molar-refractivity contribution in [3.05, 3.63) is 33.8 Å². The van der Waals surface area contributed by atoms with Crippen LogP contribution in [0.1, 0.15) is 12.5 Å². The number of carbonyl (C=O) groups excluding carboxylic acids is 1. The number of halogens is 2. The lowest BCUT2D eigenvalue weighted by Gasteiger charge is -2.01. The number of amides is 1. The van der Waals surface area contributed by atoms with Gasteiger partial charge in [0.25, 0.3) is 5.91 Å². The topological polar surface area (TPSA) is 61.7 Å². The van der Waals surface area contributed by atoms with Crippen LogP contribution in [0.5, 0.6) is 0 Å². The molecule has 16 heavy (non-hydrogen) atoms. The molecule has 1 aromatic rings. The van der Waals surface area contributed by atoms with Crippen LogP contribution in [0.25, 0.3) is 0 Å². The fourth-order valence-corrected chi connectivity index (χ4v) is 1.32. The first-order valence-corrected chi connectivity index (χ1v) is 5.22. The van der Waals surface area contributed by atoms with E-state index in [2.05, 4.69) is 10.5 Å². The van der Waals surface area contributed by atoms with E-state index in [4.69, 9.17) is 28.3 Å². The summed E-state index contributed by atoms with van der Waals surface area (Å²) >= 11 is 11.6. The average Bonchev–Trinajstić information content (AvgIpc) is 2.20. The number of rotatable bonds is 3. The Morgan fingerprint density at radius 3 is 2.81 bits per heavy atom. The first-order chi connectivity index (χ1) is 7.50. The molecule has 0 fully saturated rings. The molecular weight excluding hydrogens is 251 g/mol. The molecule has 1 aromatic carbocycles. The monoisotopic (exact) mass is 260 g/mol. The lowest BCUT2D eigenvalue weighted by molar-refractivity contribution is -0.128. The van der Waals surface area contributed by atoms with Gasteiger partial charge in [0, 0.05) is 10.6 Å². The third kappa shape index (κ3) is 3.81. The van der Waals surface area contributed by atoms with Gasteiger partial charge in [-0.3, -0.25) is 4.79 Å². The molecule has 0 radical (unpaired) electrons. The molecule has 0 aliphatic heterocycles. The predicted molar refractivity (Wildman–Crippen MR) is 63.9 cm³/mol. The van der Waals surface area contributed by atoms with E-state index in [9.17, 15) is 4.79 Å². The number of hydrogen-bond acceptors (Lipinski definition) is 3. The Labute approximate surface area is 103 Å². The maximum absolute atomic E-state index is 10.9. The van der Waals surface area contributed by atoms with Crippen LogP contribution in [-0.4, -0.2) is 23.3 Å². The van der Waals surface area contributed by atoms with Crippen molar-refractivity contribution >= 4 is 35.3 Å². The SMILES string of the molecule is C[C@@H](O)C(=O)N/N=C\c1ccc(Cl)cc1Cl. The van der Waals surface area contributed by atoms with Crippen molar-refractivity contribution in [2.45, 2.75) is 13.0 Å². The van der Waals surface area contributed by atoms with Crippen LogP contribution in [-0.2, 0) is 4.79 Å². The number of aliphatic hydroxyl groups excluding tert-OH is 1. The molecule has 0 saturated carbocycles. The van der Waals surface area contributed by atoms with Gasteiger partial charge in [0.2, 0.25) is 0 Å². The van der Waals surface area contributed by atoms with Crippen molar-refractivity contribution in [3.8, 4) is 0 Å². The van der Waals surface area contributed by atoms with Gasteiger partial charge in [-0.15, -0.1) is 0 Å². The summed E-state index contributed by atoms with van der Waals surface area (Å²) in [6, 6.07) is 4.90. The van der Waals surface area contributed by atoms with Crippen LogP contribution in [0.4, 0.5) is 0 Å². The van der Waals surface area contributed by atoms with Gasteiger partial charge in [-0.25, -0.2) is 5.43 Å². The number of carbonyl (C=O) groups is 1. The molecule has 0 unspecified atom stereocenters. The van der Waals surface area contributed by atoms with E-state index in [1.807, 2.05) is 0 Å². The summed E-state index contributed by atoms with van der Waals surface area (Å²) in [5.41, 5.74) is 2.78. The summed E-state index contributed by atoms with van der Waals surface area (Å²) < 4.78 is 0. The Morgan fingerprint density at radius 2 is 2.25 bits per heavy atom. The number of nitrogens with one attached hydrogen (secondary N) is 1. The van der Waals surface area contributed by atoms with Crippen molar-refractivity contribution in [3.63, 3.8) is 0 Å². The van der Waals surface area contributed by atoms with Crippen LogP contribution < -0.4 is 5.43 Å². The van der Waals surface area contributed by atoms with Crippen molar-refractivity contribution in [1.29, 1.82) is 0 Å². The van der Waals surface area contributed by atoms with Gasteiger partial charge < -0.3 is 5.11 Å². The highest BCUT2D eigenvalue weighted by Gasteiger charge is 2.06. The summed E-state index contributed by atoms with van der Waals surface area (Å²) in [6.45, 7) is 1.35. The summed E-state index contributed by atoms with van der Waals surface area (Å²) in [6.07, 6.45) is 0.275. The average molecular weight is 261 g/mol. The minimum atomic E-state index is -1.10. The van der Waals surface area contributed by atoms with Gasteiger partial charge in [0.15, 0.2) is 0 Å². The summed E-state index contributed by atoms with van der Waals surface area (Å²) in [4.78, 5) is 10.9. The highest BCUT2D eigenvalue weighted by molar-refractivity contribution is 6.36. The minimum Gasteiger partial charge on any atom is -0.383 e. The summed E-state index contributed by atoms with van der Waals surface area (Å²) in [5.74, 6) is -0.582. The molecule has 1 amide bonds. The second-order valence-electron chi connectivity index (χ2n) is 3.08. The maximum Gasteiger partial charge on any atom is 0.268 e. The lowest BCUT2D eigenvalue weighted by Crippen LogP contribution is -2.28. The van der Waals surface area contributed by atoms with E-state index in [1.54, 1.807) is 18.2 Å². The Morgan fingerprint density at radius 1 is 1.56 bits per heavy atom. The van der Waals surface area contributed by atoms with Crippen LogP contribution in [0.15, 0.2) is 23.3 Å². The molecule has 0 bridgehead atoms. The molecule has 2 N–H and O–H groups in total. The molecular formula is C10H10Cl2N2O2. The van der Waals surface area contributed by atoms with Gasteiger partial charge in [-0.05, 0) is 19.1 Å². The number of hydrogen-bond donors (Lipinski definition) is 2. The van der Waals surface area contributed by atoms with Crippen molar-refractivity contribution in [1.82, 2.24) is 5.43 Å². The fraction of sp³-hybridized carbons (Fsp3) is 0.200. The fourth-order valence-electron chi connectivity index (χ4n) is 0.865. The van der Waals surface area contributed by atoms with Crippen LogP contribution in [0, 0.1) is 0 Å². The van der Waals surface area contributed by atoms with E-state index < -0.39 is 12.0 Å². The Bertz CT molecular complexity index is 419. The lowest BCUT2D eigenvalue weighted by atomic mass is 10.2. The van der Waals surface area contributed by atoms with Gasteiger partial charge >= 0.3 is 0 Å². The molecule has 0 aliphatic carbocycles.